The van der Waals surface area contributed by atoms with Gasteiger partial charge in [0.25, 0.3) is 0 Å². The fraction of sp³-hybridized carbons (Fsp3) is 0.389. The van der Waals surface area contributed by atoms with Gasteiger partial charge in [0.15, 0.2) is 0 Å². The van der Waals surface area contributed by atoms with Gasteiger partial charge in [0.1, 0.15) is 31.5 Å². The number of para-hydroxylation sites is 1. The quantitative estimate of drug-likeness (QED) is 0.780. The molecule has 0 spiro atoms. The van der Waals surface area contributed by atoms with Crippen LogP contribution in [0, 0.1) is 0 Å². The summed E-state index contributed by atoms with van der Waals surface area (Å²) in [4.78, 5) is 4.08. The van der Waals surface area contributed by atoms with Crippen LogP contribution in [-0.4, -0.2) is 29.3 Å². The highest BCUT2D eigenvalue weighted by atomic mass is 16.5. The average molecular weight is 301 g/mol. The van der Waals surface area contributed by atoms with Gasteiger partial charge in [-0.25, -0.2) is 0 Å². The maximum Gasteiger partial charge on any atom is 0.137 e. The second kappa shape index (κ2) is 8.51. The van der Waals surface area contributed by atoms with Gasteiger partial charge in [0.2, 0.25) is 0 Å². The van der Waals surface area contributed by atoms with E-state index in [1.54, 1.807) is 6.20 Å². The van der Waals surface area contributed by atoms with Crippen molar-refractivity contribution >= 4 is 0 Å². The Balaban J connectivity index is 1.75. The molecule has 0 amide bonds. The lowest BCUT2D eigenvalue weighted by Crippen LogP contribution is -2.85. The van der Waals surface area contributed by atoms with Crippen molar-refractivity contribution in [2.24, 2.45) is 0 Å². The van der Waals surface area contributed by atoms with Crippen LogP contribution in [0.2, 0.25) is 0 Å². The van der Waals surface area contributed by atoms with Crippen molar-refractivity contribution in [3.05, 3.63) is 59.9 Å². The van der Waals surface area contributed by atoms with Gasteiger partial charge in [-0.3, -0.25) is 4.98 Å². The van der Waals surface area contributed by atoms with Gasteiger partial charge in [-0.1, -0.05) is 38.1 Å². The molecule has 3 N–H and O–H groups in total. The van der Waals surface area contributed by atoms with E-state index in [1.165, 1.54) is 5.56 Å². The summed E-state index contributed by atoms with van der Waals surface area (Å²) >= 11 is 0. The van der Waals surface area contributed by atoms with Crippen LogP contribution in [0.15, 0.2) is 48.8 Å². The Morgan fingerprint density at radius 3 is 2.73 bits per heavy atom. The van der Waals surface area contributed by atoms with Crippen LogP contribution in [0.1, 0.15) is 30.9 Å². The van der Waals surface area contributed by atoms with Crippen LogP contribution >= 0.6 is 0 Å². The second-order valence-electron chi connectivity index (χ2n) is 5.75. The Kier molecular flexibility index (Phi) is 6.37. The molecule has 1 heterocycles. The molecule has 0 saturated carbocycles. The molecule has 2 aromatic rings. The van der Waals surface area contributed by atoms with Gasteiger partial charge in [-0.2, -0.15) is 0 Å². The van der Waals surface area contributed by atoms with Crippen molar-refractivity contribution in [1.82, 2.24) is 4.98 Å². The van der Waals surface area contributed by atoms with Crippen molar-refractivity contribution in [2.75, 3.05) is 13.2 Å². The highest BCUT2D eigenvalue weighted by Crippen LogP contribution is 2.25. The zero-order valence-corrected chi connectivity index (χ0v) is 13.3. The number of rotatable bonds is 8. The number of benzene rings is 1. The Bertz CT molecular complexity index is 558. The second-order valence-corrected chi connectivity index (χ2v) is 5.75. The molecule has 0 aliphatic heterocycles. The first-order chi connectivity index (χ1) is 10.7. The van der Waals surface area contributed by atoms with Crippen molar-refractivity contribution in [1.29, 1.82) is 0 Å². The van der Waals surface area contributed by atoms with Gasteiger partial charge in [-0.15, -0.1) is 0 Å². The molecule has 0 radical (unpaired) electrons. The topological polar surface area (TPSA) is 59.0 Å². The minimum absolute atomic E-state index is 0.313. The molecule has 2 rings (SSSR count). The predicted molar refractivity (Wildman–Crippen MR) is 86.8 cm³/mol. The highest BCUT2D eigenvalue weighted by molar-refractivity contribution is 5.35. The number of hydrogen-bond donors (Lipinski definition) is 2. The van der Waals surface area contributed by atoms with E-state index >= 15 is 0 Å². The van der Waals surface area contributed by atoms with Gasteiger partial charge in [-0.05, 0) is 23.6 Å². The average Bonchev–Trinajstić information content (AvgIpc) is 2.54. The maximum atomic E-state index is 10.0. The first-order valence-corrected chi connectivity index (χ1v) is 7.77. The number of aliphatic hydroxyl groups is 1. The van der Waals surface area contributed by atoms with Gasteiger partial charge < -0.3 is 15.2 Å². The predicted octanol–water partition coefficient (Wildman–Crippen LogP) is 1.71. The number of nitrogens with zero attached hydrogens (tertiary/aromatic N) is 1. The molecule has 0 fully saturated rings. The molecule has 4 heteroatoms. The summed E-state index contributed by atoms with van der Waals surface area (Å²) in [5, 5.41) is 12.1. The smallest absolute Gasteiger partial charge is 0.137 e. The third kappa shape index (κ3) is 5.13. The van der Waals surface area contributed by atoms with Gasteiger partial charge in [0, 0.05) is 18.0 Å². The van der Waals surface area contributed by atoms with Crippen LogP contribution in [0.4, 0.5) is 0 Å². The minimum Gasteiger partial charge on any atom is -0.490 e. The van der Waals surface area contributed by atoms with Crippen molar-refractivity contribution in [2.45, 2.75) is 32.4 Å². The van der Waals surface area contributed by atoms with E-state index in [0.717, 1.165) is 17.9 Å². The molecule has 0 bridgehead atoms. The molecule has 0 saturated heterocycles. The number of hydrogen-bond acceptors (Lipinski definition) is 3. The number of ether oxygens (including phenoxy) is 1. The lowest BCUT2D eigenvalue weighted by atomic mass is 10.0. The van der Waals surface area contributed by atoms with Crippen LogP contribution in [0.3, 0.4) is 0 Å². The molecule has 22 heavy (non-hydrogen) atoms. The summed E-state index contributed by atoms with van der Waals surface area (Å²) in [6.45, 7) is 6.01. The molecule has 0 unspecified atom stereocenters. The van der Waals surface area contributed by atoms with E-state index in [1.807, 2.05) is 36.5 Å². The third-order valence-electron chi connectivity index (χ3n) is 3.51. The fourth-order valence-electron chi connectivity index (χ4n) is 2.30. The minimum atomic E-state index is -0.489. The summed E-state index contributed by atoms with van der Waals surface area (Å²) in [7, 11) is 0. The Morgan fingerprint density at radius 2 is 2.00 bits per heavy atom. The largest absolute Gasteiger partial charge is 0.490 e. The maximum absolute atomic E-state index is 10.0. The first-order valence-electron chi connectivity index (χ1n) is 7.77. The van der Waals surface area contributed by atoms with Crippen LogP contribution in [0.5, 0.6) is 5.75 Å². The zero-order chi connectivity index (χ0) is 15.8. The number of quaternary nitrogens is 1. The number of nitrogens with two attached hydrogens (primary N) is 1. The molecule has 118 valence electrons. The van der Waals surface area contributed by atoms with E-state index in [-0.39, 0.29) is 0 Å². The van der Waals surface area contributed by atoms with Crippen molar-refractivity contribution < 1.29 is 15.2 Å². The van der Waals surface area contributed by atoms with Gasteiger partial charge >= 0.3 is 0 Å². The van der Waals surface area contributed by atoms with Crippen LogP contribution < -0.4 is 10.1 Å². The normalized spacial score (nSPS) is 12.4. The lowest BCUT2D eigenvalue weighted by molar-refractivity contribution is -0.676. The fourth-order valence-corrected chi connectivity index (χ4v) is 2.30. The van der Waals surface area contributed by atoms with Crippen LogP contribution in [-0.2, 0) is 6.54 Å². The van der Waals surface area contributed by atoms with Crippen molar-refractivity contribution in [3.63, 3.8) is 0 Å². The number of aromatic nitrogens is 1. The van der Waals surface area contributed by atoms with E-state index < -0.39 is 6.10 Å². The Morgan fingerprint density at radius 1 is 1.18 bits per heavy atom. The lowest BCUT2D eigenvalue weighted by Gasteiger charge is -2.16. The number of pyridine rings is 1. The Hall–Kier alpha value is -1.91. The standard InChI is InChI=1S/C18H24N2O2/c1-14(2)17-7-3-4-8-18(17)22-13-16(21)12-20-11-15-6-5-9-19-10-15/h3-10,14,16,20-21H,11-13H2,1-2H3/p+1/t16-/m1/s1. The first kappa shape index (κ1) is 16.5. The molecular weight excluding hydrogens is 276 g/mol. The van der Waals surface area contributed by atoms with Crippen molar-refractivity contribution in [3.8, 4) is 5.75 Å². The summed E-state index contributed by atoms with van der Waals surface area (Å²) in [5.41, 5.74) is 2.33. The zero-order valence-electron chi connectivity index (χ0n) is 13.3. The van der Waals surface area contributed by atoms with Gasteiger partial charge in [0.05, 0.1) is 0 Å². The molecule has 1 aromatic carbocycles. The van der Waals surface area contributed by atoms with Crippen LogP contribution in [0.25, 0.3) is 0 Å². The Labute approximate surface area is 132 Å². The van der Waals surface area contributed by atoms with E-state index in [2.05, 4.69) is 30.2 Å². The summed E-state index contributed by atoms with van der Waals surface area (Å²) in [6.07, 6.45) is 3.12. The molecule has 4 nitrogen and oxygen atoms in total. The van der Waals surface area contributed by atoms with E-state index in [4.69, 9.17) is 4.74 Å². The monoisotopic (exact) mass is 301 g/mol. The SMILES string of the molecule is CC(C)c1ccccc1OC[C@H](O)C[NH2+]Cc1cccnc1. The molecule has 0 aliphatic rings. The third-order valence-corrected chi connectivity index (χ3v) is 3.51. The van der Waals surface area contributed by atoms with E-state index in [0.29, 0.717) is 19.1 Å². The molecule has 0 aliphatic carbocycles. The number of aliphatic hydroxyl groups excluding tert-OH is 1. The summed E-state index contributed by atoms with van der Waals surface area (Å²) in [5.74, 6) is 1.27. The summed E-state index contributed by atoms with van der Waals surface area (Å²) < 4.78 is 5.78. The molecule has 1 atom stereocenters. The summed E-state index contributed by atoms with van der Waals surface area (Å²) in [6, 6.07) is 12.0. The molecular formula is C18H25N2O2+. The highest BCUT2D eigenvalue weighted by Gasteiger charge is 2.11. The van der Waals surface area contributed by atoms with E-state index in [9.17, 15) is 5.11 Å². The molecule has 1 aromatic heterocycles.